The van der Waals surface area contributed by atoms with Gasteiger partial charge in [0.1, 0.15) is 5.75 Å². The minimum atomic E-state index is -0.220. The van der Waals surface area contributed by atoms with Crippen molar-refractivity contribution in [2.24, 2.45) is 0 Å². The van der Waals surface area contributed by atoms with Crippen LogP contribution in [0.3, 0.4) is 0 Å². The summed E-state index contributed by atoms with van der Waals surface area (Å²) in [6, 6.07) is 13.8. The molecule has 0 unspecified atom stereocenters. The van der Waals surface area contributed by atoms with Crippen LogP contribution in [-0.4, -0.2) is 24.2 Å². The van der Waals surface area contributed by atoms with Crippen LogP contribution in [0.1, 0.15) is 37.7 Å². The number of aryl methyl sites for hydroxylation is 1. The molecule has 1 aliphatic rings. The maximum atomic E-state index is 12.0. The SMILES string of the molecule is COC(=O)CCc1ccc(OC2CCCC2)c(-c2ccc3c(=O)[nH]ccc3c2)c1. The minimum Gasteiger partial charge on any atom is -0.490 e. The number of H-pyrrole nitrogens is 1. The first-order chi connectivity index (χ1) is 14.1. The largest absolute Gasteiger partial charge is 0.490 e. The molecule has 5 heteroatoms. The summed E-state index contributed by atoms with van der Waals surface area (Å²) >= 11 is 0. The molecule has 4 rings (SSSR count). The van der Waals surface area contributed by atoms with Crippen LogP contribution < -0.4 is 10.3 Å². The third-order valence-electron chi connectivity index (χ3n) is 5.57. The number of aromatic nitrogens is 1. The fourth-order valence-corrected chi connectivity index (χ4v) is 3.96. The fraction of sp³-hybridized carbons (Fsp3) is 0.333. The Labute approximate surface area is 169 Å². The van der Waals surface area contributed by atoms with Crippen molar-refractivity contribution in [3.63, 3.8) is 0 Å². The van der Waals surface area contributed by atoms with Gasteiger partial charge in [0.05, 0.1) is 13.2 Å². The van der Waals surface area contributed by atoms with Crippen LogP contribution in [0.15, 0.2) is 53.5 Å². The Kier molecular flexibility index (Phi) is 5.65. The van der Waals surface area contributed by atoms with E-state index in [2.05, 4.69) is 11.1 Å². The van der Waals surface area contributed by atoms with Crippen molar-refractivity contribution in [1.29, 1.82) is 0 Å². The molecule has 0 spiro atoms. The highest BCUT2D eigenvalue weighted by Crippen LogP contribution is 2.35. The number of ether oxygens (including phenoxy) is 2. The molecule has 2 aromatic carbocycles. The predicted molar refractivity (Wildman–Crippen MR) is 113 cm³/mol. The molecule has 1 saturated carbocycles. The zero-order chi connectivity index (χ0) is 20.2. The Morgan fingerprint density at radius 2 is 1.93 bits per heavy atom. The number of pyridine rings is 1. The van der Waals surface area contributed by atoms with Gasteiger partial charge in [-0.25, -0.2) is 0 Å². The molecular formula is C24H25NO4. The third kappa shape index (κ3) is 4.34. The summed E-state index contributed by atoms with van der Waals surface area (Å²) in [6.45, 7) is 0. The van der Waals surface area contributed by atoms with Gasteiger partial charge < -0.3 is 14.5 Å². The fourth-order valence-electron chi connectivity index (χ4n) is 3.96. The molecule has 1 aliphatic carbocycles. The lowest BCUT2D eigenvalue weighted by atomic mass is 9.98. The average Bonchev–Trinajstić information content (AvgIpc) is 3.26. The summed E-state index contributed by atoms with van der Waals surface area (Å²) in [5.41, 5.74) is 2.94. The molecule has 150 valence electrons. The maximum absolute atomic E-state index is 12.0. The van der Waals surface area contributed by atoms with Crippen LogP contribution in [-0.2, 0) is 16.0 Å². The molecule has 3 aromatic rings. The van der Waals surface area contributed by atoms with E-state index in [4.69, 9.17) is 9.47 Å². The van der Waals surface area contributed by atoms with Crippen LogP contribution in [0.2, 0.25) is 0 Å². The van der Waals surface area contributed by atoms with Gasteiger partial charge >= 0.3 is 5.97 Å². The number of nitrogens with one attached hydrogen (secondary N) is 1. The Morgan fingerprint density at radius 3 is 2.72 bits per heavy atom. The number of esters is 1. The third-order valence-corrected chi connectivity index (χ3v) is 5.57. The van der Waals surface area contributed by atoms with Gasteiger partial charge in [-0.2, -0.15) is 0 Å². The number of hydrogen-bond acceptors (Lipinski definition) is 4. The number of carbonyl (C=O) groups excluding carboxylic acids is 1. The van der Waals surface area contributed by atoms with Crippen molar-refractivity contribution in [3.05, 3.63) is 64.6 Å². The summed E-state index contributed by atoms with van der Waals surface area (Å²) in [5, 5.41) is 1.55. The average molecular weight is 391 g/mol. The van der Waals surface area contributed by atoms with Crippen molar-refractivity contribution < 1.29 is 14.3 Å². The van der Waals surface area contributed by atoms with E-state index in [0.717, 1.165) is 40.7 Å². The first-order valence-corrected chi connectivity index (χ1v) is 10.1. The molecule has 0 bridgehead atoms. The second-order valence-corrected chi connectivity index (χ2v) is 7.54. The molecule has 0 atom stereocenters. The maximum Gasteiger partial charge on any atom is 0.305 e. The van der Waals surface area contributed by atoms with Crippen LogP contribution in [0.25, 0.3) is 21.9 Å². The van der Waals surface area contributed by atoms with Gasteiger partial charge in [-0.15, -0.1) is 0 Å². The molecule has 0 radical (unpaired) electrons. The number of benzene rings is 2. The normalized spacial score (nSPS) is 14.2. The zero-order valence-corrected chi connectivity index (χ0v) is 16.6. The van der Waals surface area contributed by atoms with E-state index in [1.807, 2.05) is 36.4 Å². The topological polar surface area (TPSA) is 68.4 Å². The number of aromatic amines is 1. The minimum absolute atomic E-state index is 0.0942. The van der Waals surface area contributed by atoms with Gasteiger partial charge in [-0.1, -0.05) is 12.1 Å². The standard InChI is InChI=1S/C24H25NO4/c1-28-23(26)11-7-16-6-10-22(29-19-4-2-3-5-19)21(14-16)17-8-9-20-18(15-17)12-13-25-24(20)27/h6,8-10,12-15,19H,2-5,7,11H2,1H3,(H,25,27). The summed E-state index contributed by atoms with van der Waals surface area (Å²) in [7, 11) is 1.41. The second kappa shape index (κ2) is 8.52. The number of rotatable bonds is 6. The Bertz CT molecular complexity index is 1080. The lowest BCUT2D eigenvalue weighted by Gasteiger charge is -2.18. The number of fused-ring (bicyclic) bond motifs is 1. The smallest absolute Gasteiger partial charge is 0.305 e. The molecule has 0 saturated heterocycles. The van der Waals surface area contributed by atoms with Crippen molar-refractivity contribution in [2.75, 3.05) is 7.11 Å². The highest BCUT2D eigenvalue weighted by atomic mass is 16.5. The number of methoxy groups -OCH3 is 1. The van der Waals surface area contributed by atoms with Gasteiger partial charge in [0.2, 0.25) is 0 Å². The molecular weight excluding hydrogens is 366 g/mol. The summed E-state index contributed by atoms with van der Waals surface area (Å²) < 4.78 is 11.1. The monoisotopic (exact) mass is 391 g/mol. The first kappa shape index (κ1) is 19.2. The summed E-state index contributed by atoms with van der Waals surface area (Å²) in [6.07, 6.45) is 7.43. The number of carbonyl (C=O) groups is 1. The van der Waals surface area contributed by atoms with E-state index < -0.39 is 0 Å². The van der Waals surface area contributed by atoms with Crippen LogP contribution in [0.4, 0.5) is 0 Å². The molecule has 0 aliphatic heterocycles. The predicted octanol–water partition coefficient (Wildman–Crippen LogP) is 4.62. The van der Waals surface area contributed by atoms with Crippen LogP contribution >= 0.6 is 0 Å². The van der Waals surface area contributed by atoms with Gasteiger partial charge in [-0.05, 0) is 78.9 Å². The Balaban J connectivity index is 1.72. The molecule has 29 heavy (non-hydrogen) atoms. The van der Waals surface area contributed by atoms with E-state index in [0.29, 0.717) is 18.2 Å². The van der Waals surface area contributed by atoms with E-state index in [-0.39, 0.29) is 17.6 Å². The van der Waals surface area contributed by atoms with Crippen molar-refractivity contribution >= 4 is 16.7 Å². The van der Waals surface area contributed by atoms with Gasteiger partial charge in [0.15, 0.2) is 0 Å². The van der Waals surface area contributed by atoms with E-state index in [1.165, 1.54) is 20.0 Å². The molecule has 0 amide bonds. The first-order valence-electron chi connectivity index (χ1n) is 10.1. The quantitative estimate of drug-likeness (QED) is 0.623. The van der Waals surface area contributed by atoms with Crippen LogP contribution in [0.5, 0.6) is 5.75 Å². The Hall–Kier alpha value is -3.08. The van der Waals surface area contributed by atoms with Crippen molar-refractivity contribution in [1.82, 2.24) is 4.98 Å². The molecule has 5 nitrogen and oxygen atoms in total. The highest BCUT2D eigenvalue weighted by Gasteiger charge is 2.19. The van der Waals surface area contributed by atoms with E-state index >= 15 is 0 Å². The lowest BCUT2D eigenvalue weighted by molar-refractivity contribution is -0.140. The summed E-state index contributed by atoms with van der Waals surface area (Å²) in [5.74, 6) is 0.630. The van der Waals surface area contributed by atoms with Gasteiger partial charge in [-0.3, -0.25) is 9.59 Å². The number of hydrogen-bond donors (Lipinski definition) is 1. The molecule has 1 aromatic heterocycles. The molecule has 1 N–H and O–H groups in total. The lowest BCUT2D eigenvalue weighted by Crippen LogP contribution is -2.11. The van der Waals surface area contributed by atoms with Gasteiger partial charge in [0, 0.05) is 23.6 Å². The molecule has 1 heterocycles. The zero-order valence-electron chi connectivity index (χ0n) is 16.6. The van der Waals surface area contributed by atoms with E-state index in [9.17, 15) is 9.59 Å². The van der Waals surface area contributed by atoms with Crippen molar-refractivity contribution in [2.45, 2.75) is 44.6 Å². The van der Waals surface area contributed by atoms with E-state index in [1.54, 1.807) is 6.20 Å². The second-order valence-electron chi connectivity index (χ2n) is 7.54. The molecule has 1 fully saturated rings. The van der Waals surface area contributed by atoms with Crippen molar-refractivity contribution in [3.8, 4) is 16.9 Å². The Morgan fingerprint density at radius 1 is 1.10 bits per heavy atom. The highest BCUT2D eigenvalue weighted by molar-refractivity contribution is 5.87. The van der Waals surface area contributed by atoms with Crippen LogP contribution in [0, 0.1) is 0 Å². The summed E-state index contributed by atoms with van der Waals surface area (Å²) in [4.78, 5) is 26.3. The van der Waals surface area contributed by atoms with Gasteiger partial charge in [0.25, 0.3) is 5.56 Å².